The van der Waals surface area contributed by atoms with E-state index in [1.807, 2.05) is 0 Å². The van der Waals surface area contributed by atoms with Crippen LogP contribution in [-0.2, 0) is 19.4 Å². The second-order valence-corrected chi connectivity index (χ2v) is 13.6. The molecule has 1 N–H and O–H groups in total. The summed E-state index contributed by atoms with van der Waals surface area (Å²) in [6.45, 7) is 1.96. The van der Waals surface area contributed by atoms with Gasteiger partial charge < -0.3 is 19.1 Å². The maximum absolute atomic E-state index is 14.5. The molecule has 45 heavy (non-hydrogen) atoms. The molecular formula is C31H27F2N3O7S2. The second kappa shape index (κ2) is 12.9. The first kappa shape index (κ1) is 30.6. The van der Waals surface area contributed by atoms with Gasteiger partial charge in [0.1, 0.15) is 11.6 Å². The number of amides is 2. The summed E-state index contributed by atoms with van der Waals surface area (Å²) in [4.78, 5) is 31.8. The fourth-order valence-electron chi connectivity index (χ4n) is 4.77. The van der Waals surface area contributed by atoms with Crippen LogP contribution in [0.2, 0.25) is 0 Å². The average Bonchev–Trinajstić information content (AvgIpc) is 3.70. The maximum atomic E-state index is 14.5. The van der Waals surface area contributed by atoms with E-state index in [2.05, 4.69) is 10.3 Å². The van der Waals surface area contributed by atoms with Crippen LogP contribution in [0, 0.1) is 11.6 Å². The lowest BCUT2D eigenvalue weighted by atomic mass is 10.1. The molecule has 234 valence electrons. The molecule has 0 spiro atoms. The number of nitrogens with one attached hydrogen (secondary N) is 1. The Bertz CT molecular complexity index is 1810. The Balaban J connectivity index is 1.18. The molecule has 0 bridgehead atoms. The van der Waals surface area contributed by atoms with E-state index in [4.69, 9.17) is 14.2 Å². The molecule has 0 aliphatic carbocycles. The van der Waals surface area contributed by atoms with Gasteiger partial charge in [-0.3, -0.25) is 14.9 Å². The molecule has 3 heterocycles. The molecule has 1 aromatic heterocycles. The third kappa shape index (κ3) is 6.82. The molecule has 6 rings (SSSR count). The molecule has 2 aliphatic rings. The van der Waals surface area contributed by atoms with Gasteiger partial charge in [-0.15, -0.1) is 0 Å². The number of nitrogens with zero attached hydrogens (tertiary/aromatic N) is 2. The number of rotatable bonds is 10. The standard InChI is InChI=1S/C31H27F2N3O7S2/c32-21-6-11-26(25(33)16-21)43-28(19-4-9-23(10-5-19)45(39,40)24-12-15-41-18-24)29(37)35-31-34-17-27(44-31)42-22-7-2-20(3-8-22)30(38)36-13-1-14-36/h2-11,16-17,24,28H,1,12-15,18H2,(H,34,35,37). The molecule has 2 aliphatic heterocycles. The van der Waals surface area contributed by atoms with Crippen molar-refractivity contribution in [3.63, 3.8) is 0 Å². The molecule has 2 fully saturated rings. The molecule has 14 heteroatoms. The number of likely N-dealkylation sites (tertiary alicyclic amines) is 1. The number of thiazole rings is 1. The van der Waals surface area contributed by atoms with Crippen molar-refractivity contribution in [2.45, 2.75) is 29.1 Å². The Morgan fingerprint density at radius 2 is 1.80 bits per heavy atom. The van der Waals surface area contributed by atoms with Gasteiger partial charge in [0.15, 0.2) is 26.5 Å². The Morgan fingerprint density at radius 1 is 1.04 bits per heavy atom. The van der Waals surface area contributed by atoms with Crippen LogP contribution >= 0.6 is 11.3 Å². The lowest BCUT2D eigenvalue weighted by Crippen LogP contribution is -2.41. The third-order valence-corrected chi connectivity index (χ3v) is 10.4. The van der Waals surface area contributed by atoms with Gasteiger partial charge in [0.2, 0.25) is 11.2 Å². The van der Waals surface area contributed by atoms with Gasteiger partial charge >= 0.3 is 0 Å². The Morgan fingerprint density at radius 3 is 2.44 bits per heavy atom. The largest absolute Gasteiger partial charge is 0.473 e. The molecule has 0 radical (unpaired) electrons. The summed E-state index contributed by atoms with van der Waals surface area (Å²) in [5.41, 5.74) is 0.778. The van der Waals surface area contributed by atoms with Crippen molar-refractivity contribution >= 4 is 38.1 Å². The van der Waals surface area contributed by atoms with Crippen LogP contribution in [-0.4, -0.2) is 61.7 Å². The van der Waals surface area contributed by atoms with E-state index in [9.17, 15) is 26.8 Å². The summed E-state index contributed by atoms with van der Waals surface area (Å²) < 4.78 is 70.7. The van der Waals surface area contributed by atoms with E-state index in [1.165, 1.54) is 30.5 Å². The highest BCUT2D eigenvalue weighted by Gasteiger charge is 2.32. The molecule has 4 aromatic rings. The van der Waals surface area contributed by atoms with Crippen LogP contribution in [0.3, 0.4) is 0 Å². The number of carbonyl (C=O) groups excluding carboxylic acids is 2. The number of hydrogen-bond acceptors (Lipinski definition) is 9. The Hall–Kier alpha value is -4.40. The minimum Gasteiger partial charge on any atom is -0.473 e. The number of benzene rings is 3. The monoisotopic (exact) mass is 655 g/mol. The summed E-state index contributed by atoms with van der Waals surface area (Å²) in [7, 11) is -3.66. The zero-order chi connectivity index (χ0) is 31.6. The van der Waals surface area contributed by atoms with Crippen LogP contribution in [0.4, 0.5) is 13.9 Å². The molecule has 0 saturated carbocycles. The molecule has 10 nitrogen and oxygen atoms in total. The van der Waals surface area contributed by atoms with E-state index in [0.29, 0.717) is 35.5 Å². The number of sulfone groups is 1. The first-order valence-electron chi connectivity index (χ1n) is 14.0. The molecule has 2 unspecified atom stereocenters. The van der Waals surface area contributed by atoms with Gasteiger partial charge in [-0.2, -0.15) is 0 Å². The topological polar surface area (TPSA) is 124 Å². The van der Waals surface area contributed by atoms with Crippen LogP contribution in [0.25, 0.3) is 0 Å². The van der Waals surface area contributed by atoms with Crippen LogP contribution in [0.5, 0.6) is 16.6 Å². The fraction of sp³-hybridized carbons (Fsp3) is 0.258. The van der Waals surface area contributed by atoms with Crippen molar-refractivity contribution in [2.24, 2.45) is 0 Å². The van der Waals surface area contributed by atoms with Crippen molar-refractivity contribution in [2.75, 3.05) is 31.6 Å². The van der Waals surface area contributed by atoms with Gasteiger partial charge in [-0.1, -0.05) is 23.5 Å². The summed E-state index contributed by atoms with van der Waals surface area (Å²) in [5.74, 6) is -2.53. The Labute approximate surface area is 261 Å². The van der Waals surface area contributed by atoms with Gasteiger partial charge in [-0.05, 0) is 61.4 Å². The van der Waals surface area contributed by atoms with E-state index in [1.54, 1.807) is 29.2 Å². The lowest BCUT2D eigenvalue weighted by molar-refractivity contribution is -0.123. The summed E-state index contributed by atoms with van der Waals surface area (Å²) in [6, 6.07) is 14.9. The highest BCUT2D eigenvalue weighted by Crippen LogP contribution is 2.33. The summed E-state index contributed by atoms with van der Waals surface area (Å²) in [5, 5.41) is 2.44. The SMILES string of the molecule is O=C(Nc1ncc(Oc2ccc(C(=O)N3CCC3)cc2)s1)C(Oc1ccc(F)cc1F)c1ccc(S(=O)(=O)C2CCOC2)cc1. The van der Waals surface area contributed by atoms with E-state index in [0.717, 1.165) is 43.0 Å². The first-order valence-corrected chi connectivity index (χ1v) is 16.4. The number of ether oxygens (including phenoxy) is 3. The van der Waals surface area contributed by atoms with Crippen LogP contribution in [0.1, 0.15) is 34.9 Å². The molecule has 2 atom stereocenters. The highest BCUT2D eigenvalue weighted by atomic mass is 32.2. The van der Waals surface area contributed by atoms with Gasteiger partial charge in [-0.25, -0.2) is 22.2 Å². The number of anilines is 1. The third-order valence-electron chi connectivity index (χ3n) is 7.39. The quantitative estimate of drug-likeness (QED) is 0.242. The summed E-state index contributed by atoms with van der Waals surface area (Å²) >= 11 is 1.02. The van der Waals surface area contributed by atoms with Gasteiger partial charge in [0.05, 0.1) is 22.9 Å². The lowest BCUT2D eigenvalue weighted by Gasteiger charge is -2.30. The highest BCUT2D eigenvalue weighted by molar-refractivity contribution is 7.92. The molecule has 2 amide bonds. The number of hydrogen-bond donors (Lipinski definition) is 1. The van der Waals surface area contributed by atoms with Gasteiger partial charge in [0, 0.05) is 36.9 Å². The van der Waals surface area contributed by atoms with Crippen molar-refractivity contribution < 1.29 is 41.0 Å². The molecule has 2 saturated heterocycles. The zero-order valence-electron chi connectivity index (χ0n) is 23.7. The number of halogens is 2. The number of aromatic nitrogens is 1. The maximum Gasteiger partial charge on any atom is 0.271 e. The average molecular weight is 656 g/mol. The normalized spacial score (nSPS) is 16.9. The Kier molecular flexibility index (Phi) is 8.79. The molecular weight excluding hydrogens is 628 g/mol. The first-order chi connectivity index (χ1) is 21.7. The van der Waals surface area contributed by atoms with Crippen molar-refractivity contribution in [3.05, 3.63) is 95.7 Å². The fourth-order valence-corrected chi connectivity index (χ4v) is 7.05. The van der Waals surface area contributed by atoms with Crippen molar-refractivity contribution in [1.29, 1.82) is 0 Å². The minimum atomic E-state index is -3.66. The van der Waals surface area contributed by atoms with Crippen LogP contribution in [0.15, 0.2) is 77.8 Å². The van der Waals surface area contributed by atoms with Gasteiger partial charge in [0.25, 0.3) is 11.8 Å². The molecule has 3 aromatic carbocycles. The smallest absolute Gasteiger partial charge is 0.271 e. The number of carbonyl (C=O) groups is 2. The predicted octanol–water partition coefficient (Wildman–Crippen LogP) is 5.38. The minimum absolute atomic E-state index is 0.0347. The van der Waals surface area contributed by atoms with E-state index in [-0.39, 0.29) is 33.9 Å². The zero-order valence-corrected chi connectivity index (χ0v) is 25.3. The predicted molar refractivity (Wildman–Crippen MR) is 160 cm³/mol. The van der Waals surface area contributed by atoms with E-state index < -0.39 is 38.7 Å². The van der Waals surface area contributed by atoms with E-state index >= 15 is 0 Å². The van der Waals surface area contributed by atoms with Crippen molar-refractivity contribution in [3.8, 4) is 16.6 Å². The second-order valence-electron chi connectivity index (χ2n) is 10.4. The summed E-state index contributed by atoms with van der Waals surface area (Å²) in [6.07, 6.45) is 1.33. The van der Waals surface area contributed by atoms with Crippen LogP contribution < -0.4 is 14.8 Å². The van der Waals surface area contributed by atoms with Crippen molar-refractivity contribution in [1.82, 2.24) is 9.88 Å².